The van der Waals surface area contributed by atoms with E-state index in [2.05, 4.69) is 12.1 Å². The van der Waals surface area contributed by atoms with E-state index in [1.807, 2.05) is 20.8 Å². The molecule has 80 valence electrons. The molecule has 0 aliphatic carbocycles. The van der Waals surface area contributed by atoms with Gasteiger partial charge in [0.25, 0.3) is 0 Å². The van der Waals surface area contributed by atoms with Crippen LogP contribution in [-0.4, -0.2) is 18.2 Å². The van der Waals surface area contributed by atoms with Crippen LogP contribution in [0.1, 0.15) is 20.8 Å². The van der Waals surface area contributed by atoms with Crippen LogP contribution in [0.3, 0.4) is 0 Å². The Kier molecular flexibility index (Phi) is 3.72. The van der Waals surface area contributed by atoms with Crippen LogP contribution < -0.4 is 4.74 Å². The van der Waals surface area contributed by atoms with Gasteiger partial charge in [0.2, 0.25) is 0 Å². The molecule has 0 saturated heterocycles. The van der Waals surface area contributed by atoms with Gasteiger partial charge in [-0.2, -0.15) is 0 Å². The van der Waals surface area contributed by atoms with Gasteiger partial charge in [-0.1, -0.05) is 6.07 Å². The van der Waals surface area contributed by atoms with Crippen molar-refractivity contribution in [2.24, 2.45) is 0 Å². The van der Waals surface area contributed by atoms with Crippen LogP contribution >= 0.6 is 0 Å². The predicted molar refractivity (Wildman–Crippen MR) is 55.5 cm³/mol. The summed E-state index contributed by atoms with van der Waals surface area (Å²) in [6.45, 7) is 5.33. The van der Waals surface area contributed by atoms with E-state index in [0.29, 0.717) is 5.75 Å². The Bertz CT molecular complexity index is 311. The zero-order valence-corrected chi connectivity index (χ0v) is 9.16. The van der Waals surface area contributed by atoms with Crippen LogP contribution in [-0.2, 0) is 9.53 Å². The summed E-state index contributed by atoms with van der Waals surface area (Å²) in [5, 5.41) is 0. The first-order valence-electron chi connectivity index (χ1n) is 4.70. The van der Waals surface area contributed by atoms with Crippen molar-refractivity contribution in [3.63, 3.8) is 0 Å². The van der Waals surface area contributed by atoms with Gasteiger partial charge in [-0.3, -0.25) is 0 Å². The van der Waals surface area contributed by atoms with Gasteiger partial charge in [0.1, 0.15) is 11.4 Å². The first kappa shape index (κ1) is 11.6. The van der Waals surface area contributed by atoms with Gasteiger partial charge in [-0.25, -0.2) is 4.79 Å². The molecule has 0 atom stereocenters. The van der Waals surface area contributed by atoms with Crippen LogP contribution in [0.15, 0.2) is 18.2 Å². The highest BCUT2D eigenvalue weighted by Crippen LogP contribution is 2.09. The number of benzene rings is 1. The molecule has 0 amide bonds. The Morgan fingerprint density at radius 1 is 1.40 bits per heavy atom. The third kappa shape index (κ3) is 5.05. The molecule has 0 aliphatic heterocycles. The lowest BCUT2D eigenvalue weighted by atomic mass is 10.2. The van der Waals surface area contributed by atoms with Crippen molar-refractivity contribution in [2.45, 2.75) is 26.4 Å². The zero-order valence-electron chi connectivity index (χ0n) is 9.16. The highest BCUT2D eigenvalue weighted by Gasteiger charge is 2.16. The quantitative estimate of drug-likeness (QED) is 0.710. The number of carbonyl (C=O) groups is 1. The molecule has 3 nitrogen and oxygen atoms in total. The average molecular weight is 206 g/mol. The first-order chi connectivity index (χ1) is 6.97. The van der Waals surface area contributed by atoms with Gasteiger partial charge in [-0.05, 0) is 39.0 Å². The van der Waals surface area contributed by atoms with Crippen LogP contribution in [0, 0.1) is 12.1 Å². The minimum atomic E-state index is -0.479. The van der Waals surface area contributed by atoms with Gasteiger partial charge in [0.15, 0.2) is 6.61 Å². The predicted octanol–water partition coefficient (Wildman–Crippen LogP) is 2.01. The second-order valence-corrected chi connectivity index (χ2v) is 4.03. The number of carbonyl (C=O) groups excluding carboxylic acids is 1. The average Bonchev–Trinajstić information content (AvgIpc) is 2.14. The number of hydrogen-bond donors (Lipinski definition) is 0. The van der Waals surface area contributed by atoms with E-state index in [1.54, 1.807) is 18.2 Å². The molecule has 0 spiro atoms. The van der Waals surface area contributed by atoms with E-state index < -0.39 is 5.60 Å². The number of esters is 1. The fourth-order valence-corrected chi connectivity index (χ4v) is 0.928. The molecule has 0 aliphatic rings. The van der Waals surface area contributed by atoms with E-state index >= 15 is 0 Å². The molecule has 0 fully saturated rings. The molecule has 1 aromatic rings. The van der Waals surface area contributed by atoms with Crippen LogP contribution in [0.5, 0.6) is 5.75 Å². The molecular formula is C12H14O3. The lowest BCUT2D eigenvalue weighted by Gasteiger charge is -2.19. The van der Waals surface area contributed by atoms with Crippen LogP contribution in [0.25, 0.3) is 0 Å². The first-order valence-corrected chi connectivity index (χ1v) is 4.70. The largest absolute Gasteiger partial charge is 0.481 e. The molecule has 1 rings (SSSR count). The summed E-state index contributed by atoms with van der Waals surface area (Å²) in [6, 6.07) is 10.6. The maximum atomic E-state index is 11.3. The second kappa shape index (κ2) is 4.82. The minimum absolute atomic E-state index is 0.106. The Labute approximate surface area is 90.0 Å². The molecule has 1 aromatic carbocycles. The van der Waals surface area contributed by atoms with Crippen molar-refractivity contribution in [3.8, 4) is 5.75 Å². The van der Waals surface area contributed by atoms with Gasteiger partial charge < -0.3 is 9.47 Å². The van der Waals surface area contributed by atoms with Crippen LogP contribution in [0.4, 0.5) is 0 Å². The Balaban J connectivity index is 2.35. The Morgan fingerprint density at radius 2 is 2.13 bits per heavy atom. The summed E-state index contributed by atoms with van der Waals surface area (Å²) < 4.78 is 10.2. The molecule has 0 unspecified atom stereocenters. The molecule has 3 heteroatoms. The monoisotopic (exact) mass is 206 g/mol. The van der Waals surface area contributed by atoms with Crippen molar-refractivity contribution in [1.82, 2.24) is 0 Å². The lowest BCUT2D eigenvalue weighted by molar-refractivity contribution is -0.157. The lowest BCUT2D eigenvalue weighted by Crippen LogP contribution is -2.27. The standard InChI is InChI=1S/C12H14O3/c1-12(2,3)15-11(13)9-14-10-7-5-4-6-8-10/h4-5,8H,9H2,1-3H3. The molecule has 0 heterocycles. The molecule has 15 heavy (non-hydrogen) atoms. The SMILES string of the molecule is CC(C)(C)OC(=O)COc1[c]cc[c]c1. The molecule has 2 radical (unpaired) electrons. The van der Waals surface area contributed by atoms with Gasteiger partial charge in [-0.15, -0.1) is 0 Å². The van der Waals surface area contributed by atoms with Gasteiger partial charge in [0.05, 0.1) is 0 Å². The van der Waals surface area contributed by atoms with E-state index in [4.69, 9.17) is 9.47 Å². The highest BCUT2D eigenvalue weighted by atomic mass is 16.6. The summed E-state index contributed by atoms with van der Waals surface area (Å²) >= 11 is 0. The normalized spacial score (nSPS) is 10.9. The maximum Gasteiger partial charge on any atom is 0.344 e. The summed E-state index contributed by atoms with van der Waals surface area (Å²) in [5.41, 5.74) is -0.479. The van der Waals surface area contributed by atoms with E-state index in [9.17, 15) is 4.79 Å². The topological polar surface area (TPSA) is 35.5 Å². The molecule has 0 saturated carbocycles. The summed E-state index contributed by atoms with van der Waals surface area (Å²) in [4.78, 5) is 11.3. The van der Waals surface area contributed by atoms with Crippen molar-refractivity contribution < 1.29 is 14.3 Å². The summed E-state index contributed by atoms with van der Waals surface area (Å²) in [7, 11) is 0. The van der Waals surface area contributed by atoms with E-state index in [1.165, 1.54) is 0 Å². The third-order valence-electron chi connectivity index (χ3n) is 1.39. The van der Waals surface area contributed by atoms with Gasteiger partial charge >= 0.3 is 5.97 Å². The maximum absolute atomic E-state index is 11.3. The third-order valence-corrected chi connectivity index (χ3v) is 1.39. The molecule has 0 N–H and O–H groups in total. The van der Waals surface area contributed by atoms with Crippen molar-refractivity contribution in [2.75, 3.05) is 6.61 Å². The number of hydrogen-bond acceptors (Lipinski definition) is 3. The minimum Gasteiger partial charge on any atom is -0.481 e. The Hall–Kier alpha value is -1.51. The molecular weight excluding hydrogens is 192 g/mol. The smallest absolute Gasteiger partial charge is 0.344 e. The fourth-order valence-electron chi connectivity index (χ4n) is 0.928. The molecule has 0 aromatic heterocycles. The number of ether oxygens (including phenoxy) is 2. The zero-order chi connectivity index (χ0) is 11.3. The van der Waals surface area contributed by atoms with Gasteiger partial charge in [0, 0.05) is 6.07 Å². The molecule has 0 bridgehead atoms. The summed E-state index contributed by atoms with van der Waals surface area (Å²) in [6.07, 6.45) is 0. The summed E-state index contributed by atoms with van der Waals surface area (Å²) in [5.74, 6) is 0.100. The van der Waals surface area contributed by atoms with Crippen molar-refractivity contribution >= 4 is 5.97 Å². The van der Waals surface area contributed by atoms with Crippen LogP contribution in [0.2, 0.25) is 0 Å². The van der Waals surface area contributed by atoms with E-state index in [0.717, 1.165) is 0 Å². The highest BCUT2D eigenvalue weighted by molar-refractivity contribution is 5.71. The van der Waals surface area contributed by atoms with Crippen molar-refractivity contribution in [1.29, 1.82) is 0 Å². The second-order valence-electron chi connectivity index (χ2n) is 4.03. The Morgan fingerprint density at radius 3 is 2.67 bits per heavy atom. The van der Waals surface area contributed by atoms with Crippen molar-refractivity contribution in [3.05, 3.63) is 30.3 Å². The van der Waals surface area contributed by atoms with E-state index in [-0.39, 0.29) is 12.6 Å². The fraction of sp³-hybridized carbons (Fsp3) is 0.417. The number of rotatable bonds is 3.